The summed E-state index contributed by atoms with van der Waals surface area (Å²) in [5.41, 5.74) is 3.49. The summed E-state index contributed by atoms with van der Waals surface area (Å²) in [6.07, 6.45) is 21.2. The van der Waals surface area contributed by atoms with Crippen LogP contribution in [0.2, 0.25) is 0 Å². The average molecular weight is 405 g/mol. The van der Waals surface area contributed by atoms with Gasteiger partial charge in [0.2, 0.25) is 0 Å². The van der Waals surface area contributed by atoms with Crippen LogP contribution in [0.3, 0.4) is 0 Å². The number of carbonyl (C=O) groups is 2. The Balaban J connectivity index is 1.37. The molecule has 1 unspecified atom stereocenters. The number of allylic oxidation sites excluding steroid dienone is 8. The summed E-state index contributed by atoms with van der Waals surface area (Å²) in [5, 5.41) is 0. The molecule has 0 heterocycles. The van der Waals surface area contributed by atoms with Crippen LogP contribution < -0.4 is 0 Å². The predicted molar refractivity (Wildman–Crippen MR) is 121 cm³/mol. The molecule has 0 spiro atoms. The van der Waals surface area contributed by atoms with Gasteiger partial charge in [-0.05, 0) is 63.5 Å². The highest BCUT2D eigenvalue weighted by Crippen LogP contribution is 2.26. The van der Waals surface area contributed by atoms with Gasteiger partial charge in [-0.3, -0.25) is 9.59 Å². The minimum absolute atomic E-state index is 0.0744. The molecule has 3 heteroatoms. The van der Waals surface area contributed by atoms with E-state index < -0.39 is 0 Å². The number of ether oxygens (including phenoxy) is 1. The smallest absolute Gasteiger partial charge is 0.306 e. The molecule has 0 aliphatic heterocycles. The molecule has 2 aliphatic rings. The fraction of sp³-hybridized carbons (Fsp3) is 0.407. The van der Waals surface area contributed by atoms with Crippen LogP contribution in [0.5, 0.6) is 0 Å². The van der Waals surface area contributed by atoms with E-state index >= 15 is 0 Å². The topological polar surface area (TPSA) is 43.4 Å². The van der Waals surface area contributed by atoms with Crippen molar-refractivity contribution >= 4 is 11.8 Å². The van der Waals surface area contributed by atoms with Gasteiger partial charge in [0, 0.05) is 17.9 Å². The zero-order valence-electron chi connectivity index (χ0n) is 17.9. The van der Waals surface area contributed by atoms with E-state index in [0.29, 0.717) is 6.42 Å². The molecule has 1 aromatic carbocycles. The number of ketones is 1. The second-order valence-electron chi connectivity index (χ2n) is 8.20. The highest BCUT2D eigenvalue weighted by Gasteiger charge is 2.25. The third-order valence-corrected chi connectivity index (χ3v) is 5.39. The Labute approximate surface area is 180 Å². The summed E-state index contributed by atoms with van der Waals surface area (Å²) in [4.78, 5) is 23.7. The number of benzene rings is 1. The van der Waals surface area contributed by atoms with Crippen molar-refractivity contribution in [3.63, 3.8) is 0 Å². The molecule has 0 N–H and O–H groups in total. The molecule has 1 saturated carbocycles. The summed E-state index contributed by atoms with van der Waals surface area (Å²) >= 11 is 0. The molecule has 0 saturated heterocycles. The van der Waals surface area contributed by atoms with Crippen molar-refractivity contribution in [2.24, 2.45) is 5.92 Å². The van der Waals surface area contributed by atoms with Crippen LogP contribution in [0.4, 0.5) is 0 Å². The van der Waals surface area contributed by atoms with Crippen molar-refractivity contribution in [1.82, 2.24) is 0 Å². The number of hydrogen-bond donors (Lipinski definition) is 0. The molecule has 158 valence electrons. The first-order valence-electron chi connectivity index (χ1n) is 11.1. The highest BCUT2D eigenvalue weighted by atomic mass is 16.5. The van der Waals surface area contributed by atoms with Crippen LogP contribution in [0, 0.1) is 12.8 Å². The zero-order chi connectivity index (χ0) is 21.2. The normalized spacial score (nSPS) is 20.1. The van der Waals surface area contributed by atoms with E-state index in [2.05, 4.69) is 49.4 Å². The minimum Gasteiger partial charge on any atom is -0.462 e. The molecular formula is C27H32O3. The van der Waals surface area contributed by atoms with Crippen LogP contribution in [0.25, 0.3) is 0 Å². The van der Waals surface area contributed by atoms with Gasteiger partial charge in [0.1, 0.15) is 6.10 Å². The Morgan fingerprint density at radius 2 is 2.03 bits per heavy atom. The number of carbonyl (C=O) groups excluding carboxylic acids is 2. The van der Waals surface area contributed by atoms with Gasteiger partial charge in [0.25, 0.3) is 0 Å². The first kappa shape index (κ1) is 22.0. The summed E-state index contributed by atoms with van der Waals surface area (Å²) in [5.74, 6) is 0.184. The van der Waals surface area contributed by atoms with Gasteiger partial charge in [0.05, 0.1) is 0 Å². The lowest BCUT2D eigenvalue weighted by atomic mass is 9.97. The molecule has 0 bridgehead atoms. The summed E-state index contributed by atoms with van der Waals surface area (Å²) in [6.45, 7) is 2.11. The lowest BCUT2D eigenvalue weighted by Gasteiger charge is -2.06. The summed E-state index contributed by atoms with van der Waals surface area (Å²) in [7, 11) is 0. The van der Waals surface area contributed by atoms with Gasteiger partial charge in [-0.1, -0.05) is 66.3 Å². The van der Waals surface area contributed by atoms with E-state index in [9.17, 15) is 9.59 Å². The Bertz CT molecular complexity index is 853. The van der Waals surface area contributed by atoms with E-state index in [1.54, 1.807) is 6.08 Å². The van der Waals surface area contributed by atoms with Crippen LogP contribution in [0.1, 0.15) is 56.1 Å². The van der Waals surface area contributed by atoms with Crippen LogP contribution in [-0.4, -0.2) is 17.9 Å². The molecule has 0 amide bonds. The first-order valence-corrected chi connectivity index (χ1v) is 11.1. The quantitative estimate of drug-likeness (QED) is 0.197. The van der Waals surface area contributed by atoms with E-state index in [4.69, 9.17) is 4.74 Å². The van der Waals surface area contributed by atoms with Crippen LogP contribution in [-0.2, 0) is 20.7 Å². The molecule has 1 fully saturated rings. The molecule has 30 heavy (non-hydrogen) atoms. The van der Waals surface area contributed by atoms with E-state index in [1.807, 2.05) is 18.2 Å². The molecule has 3 nitrogen and oxygen atoms in total. The van der Waals surface area contributed by atoms with Crippen LogP contribution >= 0.6 is 0 Å². The van der Waals surface area contributed by atoms with Gasteiger partial charge in [-0.25, -0.2) is 0 Å². The predicted octanol–water partition coefficient (Wildman–Crippen LogP) is 5.99. The molecule has 1 aromatic rings. The van der Waals surface area contributed by atoms with E-state index in [0.717, 1.165) is 50.5 Å². The number of rotatable bonds is 11. The Morgan fingerprint density at radius 1 is 1.17 bits per heavy atom. The van der Waals surface area contributed by atoms with Crippen molar-refractivity contribution in [1.29, 1.82) is 0 Å². The summed E-state index contributed by atoms with van der Waals surface area (Å²) in [6, 6.07) is 8.58. The maximum atomic E-state index is 12.1. The molecule has 2 aliphatic carbocycles. The number of esters is 1. The molecule has 1 atom stereocenters. The van der Waals surface area contributed by atoms with Crippen LogP contribution in [0.15, 0.2) is 72.4 Å². The average Bonchev–Trinajstić information content (AvgIpc) is 3.47. The highest BCUT2D eigenvalue weighted by molar-refractivity contribution is 6.07. The molecule has 0 radical (unpaired) electrons. The number of aryl methyl sites for hydroxylation is 2. The second kappa shape index (κ2) is 11.5. The second-order valence-corrected chi connectivity index (χ2v) is 8.20. The van der Waals surface area contributed by atoms with E-state index in [1.165, 1.54) is 11.1 Å². The fourth-order valence-electron chi connectivity index (χ4n) is 3.54. The fourth-order valence-corrected chi connectivity index (χ4v) is 3.54. The lowest BCUT2D eigenvalue weighted by Crippen LogP contribution is -2.05. The lowest BCUT2D eigenvalue weighted by molar-refractivity contribution is -0.144. The van der Waals surface area contributed by atoms with Crippen molar-refractivity contribution in [3.05, 3.63) is 83.5 Å². The molecule has 3 rings (SSSR count). The first-order chi connectivity index (χ1) is 14.6. The van der Waals surface area contributed by atoms with Crippen molar-refractivity contribution in [2.45, 2.75) is 64.4 Å². The standard InChI is InChI=1S/C27H32O3/c1-21-10-9-12-22(20-21)11-5-4-7-14-25-23(16-19-26(25)28)13-6-2-3-8-15-27(29)30-24-17-18-24/h2,4,6-7,9-10,12,14,16,19-20,23-24H,3,5,8,11,13,15,17-18H2,1H3/b6-2-,7-4+,25-14+. The number of unbranched alkanes of at least 4 members (excludes halogenated alkanes) is 1. The third kappa shape index (κ3) is 7.62. The SMILES string of the molecule is Cc1cccc(CC/C=C/C=C2/C(=O)C=CC2C/C=C\CCCC(=O)OC2CC2)c1. The largest absolute Gasteiger partial charge is 0.462 e. The van der Waals surface area contributed by atoms with Gasteiger partial charge in [0.15, 0.2) is 5.78 Å². The summed E-state index contributed by atoms with van der Waals surface area (Å²) < 4.78 is 5.24. The molecular weight excluding hydrogens is 372 g/mol. The van der Waals surface area contributed by atoms with Crippen molar-refractivity contribution in [2.75, 3.05) is 0 Å². The van der Waals surface area contributed by atoms with E-state index in [-0.39, 0.29) is 23.8 Å². The van der Waals surface area contributed by atoms with Crippen molar-refractivity contribution < 1.29 is 14.3 Å². The van der Waals surface area contributed by atoms with Gasteiger partial charge in [-0.2, -0.15) is 0 Å². The van der Waals surface area contributed by atoms with Gasteiger partial charge in [-0.15, -0.1) is 0 Å². The number of hydrogen-bond acceptors (Lipinski definition) is 3. The van der Waals surface area contributed by atoms with Gasteiger partial charge >= 0.3 is 5.97 Å². The maximum absolute atomic E-state index is 12.1. The Kier molecular flexibility index (Phi) is 8.43. The van der Waals surface area contributed by atoms with Gasteiger partial charge < -0.3 is 4.74 Å². The zero-order valence-corrected chi connectivity index (χ0v) is 17.9. The Hall–Kier alpha value is -2.68. The Morgan fingerprint density at radius 3 is 2.83 bits per heavy atom. The third-order valence-electron chi connectivity index (χ3n) is 5.39. The minimum atomic E-state index is -0.0744. The monoisotopic (exact) mass is 404 g/mol. The molecule has 0 aromatic heterocycles. The maximum Gasteiger partial charge on any atom is 0.306 e. The van der Waals surface area contributed by atoms with Crippen molar-refractivity contribution in [3.8, 4) is 0 Å².